The molecule has 21 heavy (non-hydrogen) atoms. The van der Waals surface area contributed by atoms with Gasteiger partial charge in [0.15, 0.2) is 0 Å². The van der Waals surface area contributed by atoms with Crippen molar-refractivity contribution in [2.45, 2.75) is 13.0 Å². The van der Waals surface area contributed by atoms with Crippen LogP contribution in [0, 0.1) is 5.41 Å². The molecule has 4 N–H and O–H groups in total. The molecule has 1 amide bonds. The lowest BCUT2D eigenvalue weighted by Gasteiger charge is -2.25. The van der Waals surface area contributed by atoms with Crippen molar-refractivity contribution in [2.75, 3.05) is 26.1 Å². The number of methoxy groups -OCH3 is 1. The van der Waals surface area contributed by atoms with Crippen molar-refractivity contribution in [1.82, 2.24) is 5.32 Å². The third-order valence-electron chi connectivity index (χ3n) is 3.75. The van der Waals surface area contributed by atoms with Crippen LogP contribution in [0.2, 0.25) is 0 Å². The molecular weight excluding hydrogens is 276 g/mol. The molecule has 2 atom stereocenters. The Balaban J connectivity index is 2.20. The van der Waals surface area contributed by atoms with Gasteiger partial charge in [-0.15, -0.1) is 0 Å². The molecule has 114 valence electrons. The Morgan fingerprint density at radius 1 is 1.52 bits per heavy atom. The molecule has 0 spiro atoms. The van der Waals surface area contributed by atoms with Crippen LogP contribution in [0.15, 0.2) is 18.2 Å². The minimum atomic E-state index is -1.15. The summed E-state index contributed by atoms with van der Waals surface area (Å²) in [5, 5.41) is 12.0. The van der Waals surface area contributed by atoms with Gasteiger partial charge in [0.1, 0.15) is 11.2 Å². The first kappa shape index (κ1) is 15.1. The van der Waals surface area contributed by atoms with Gasteiger partial charge in [-0.05, 0) is 25.1 Å². The Hall–Kier alpha value is -2.28. The van der Waals surface area contributed by atoms with Crippen molar-refractivity contribution in [2.24, 2.45) is 5.41 Å². The lowest BCUT2D eigenvalue weighted by Crippen LogP contribution is -2.49. The van der Waals surface area contributed by atoms with Gasteiger partial charge >= 0.3 is 5.97 Å². The smallest absolute Gasteiger partial charge is 0.313 e. The van der Waals surface area contributed by atoms with E-state index in [0.717, 1.165) is 0 Å². The third-order valence-corrected chi connectivity index (χ3v) is 3.75. The van der Waals surface area contributed by atoms with Gasteiger partial charge < -0.3 is 25.6 Å². The number of benzene rings is 1. The van der Waals surface area contributed by atoms with Crippen LogP contribution in [0.5, 0.6) is 5.75 Å². The first-order chi connectivity index (χ1) is 9.88. The Bertz CT molecular complexity index is 574. The number of nitrogen functional groups attached to an aromatic ring is 1. The summed E-state index contributed by atoms with van der Waals surface area (Å²) in [5.41, 5.74) is 5.17. The number of nitrogens with one attached hydrogen (secondary N) is 1. The Morgan fingerprint density at radius 2 is 2.24 bits per heavy atom. The number of hydrogen-bond donors (Lipinski definition) is 3. The molecule has 1 aromatic rings. The quantitative estimate of drug-likeness (QED) is 0.697. The maximum Gasteiger partial charge on any atom is 0.313 e. The Labute approximate surface area is 122 Å². The second-order valence-electron chi connectivity index (χ2n) is 5.22. The summed E-state index contributed by atoms with van der Waals surface area (Å²) in [7, 11) is 1.49. The molecule has 2 unspecified atom stereocenters. The van der Waals surface area contributed by atoms with Gasteiger partial charge in [-0.3, -0.25) is 9.59 Å². The van der Waals surface area contributed by atoms with Gasteiger partial charge in [0.2, 0.25) is 0 Å². The number of carboxylic acids is 1. The first-order valence-corrected chi connectivity index (χ1v) is 6.44. The molecule has 1 aromatic carbocycles. The van der Waals surface area contributed by atoms with Crippen LogP contribution in [0.4, 0.5) is 5.69 Å². The number of nitrogens with two attached hydrogens (primary N) is 1. The summed E-state index contributed by atoms with van der Waals surface area (Å²) in [6, 6.07) is 4.10. The van der Waals surface area contributed by atoms with Crippen molar-refractivity contribution in [3.63, 3.8) is 0 Å². The topological polar surface area (TPSA) is 111 Å². The van der Waals surface area contributed by atoms with E-state index in [9.17, 15) is 14.7 Å². The number of aliphatic carboxylic acids is 1. The van der Waals surface area contributed by atoms with E-state index in [1.807, 2.05) is 0 Å². The van der Waals surface area contributed by atoms with Gasteiger partial charge in [0, 0.05) is 5.69 Å². The van der Waals surface area contributed by atoms with Crippen LogP contribution < -0.4 is 15.8 Å². The molecule has 2 rings (SSSR count). The number of hydrogen-bond acceptors (Lipinski definition) is 5. The molecule has 0 saturated carbocycles. The Morgan fingerprint density at radius 3 is 2.86 bits per heavy atom. The molecule has 1 fully saturated rings. The standard InChI is InChI=1S/C14H18N2O5/c1-14(13(18)19)7-21-6-11(14)16-12(17)9-5-8(20-2)3-4-10(9)15/h3-5,11H,6-7,15H2,1-2H3,(H,16,17)(H,18,19). The van der Waals surface area contributed by atoms with Crippen LogP contribution in [0.1, 0.15) is 17.3 Å². The zero-order valence-electron chi connectivity index (χ0n) is 11.9. The highest BCUT2D eigenvalue weighted by Crippen LogP contribution is 2.29. The normalized spacial score (nSPS) is 24.6. The van der Waals surface area contributed by atoms with Gasteiger partial charge in [-0.2, -0.15) is 0 Å². The van der Waals surface area contributed by atoms with E-state index in [1.54, 1.807) is 19.1 Å². The van der Waals surface area contributed by atoms with Gasteiger partial charge in [-0.25, -0.2) is 0 Å². The average Bonchev–Trinajstić information content (AvgIpc) is 2.82. The number of amides is 1. The van der Waals surface area contributed by atoms with Crippen molar-refractivity contribution in [3.8, 4) is 5.75 Å². The fourth-order valence-corrected chi connectivity index (χ4v) is 2.18. The van der Waals surface area contributed by atoms with E-state index in [4.69, 9.17) is 15.2 Å². The van der Waals surface area contributed by atoms with Crippen LogP contribution >= 0.6 is 0 Å². The predicted molar refractivity (Wildman–Crippen MR) is 75.2 cm³/mol. The molecule has 1 aliphatic heterocycles. The molecule has 0 aliphatic carbocycles. The number of rotatable bonds is 4. The van der Waals surface area contributed by atoms with Crippen LogP contribution in [0.25, 0.3) is 0 Å². The zero-order valence-corrected chi connectivity index (χ0v) is 11.9. The second kappa shape index (κ2) is 5.61. The molecule has 0 radical (unpaired) electrons. The summed E-state index contributed by atoms with van der Waals surface area (Å²) >= 11 is 0. The molecule has 1 heterocycles. The van der Waals surface area contributed by atoms with Crippen LogP contribution in [0.3, 0.4) is 0 Å². The second-order valence-corrected chi connectivity index (χ2v) is 5.22. The van der Waals surface area contributed by atoms with Crippen molar-refractivity contribution in [3.05, 3.63) is 23.8 Å². The van der Waals surface area contributed by atoms with Gasteiger partial charge in [0.25, 0.3) is 5.91 Å². The van der Waals surface area contributed by atoms with Crippen molar-refractivity contribution in [1.29, 1.82) is 0 Å². The summed E-state index contributed by atoms with van der Waals surface area (Å²) in [4.78, 5) is 23.6. The lowest BCUT2D eigenvalue weighted by molar-refractivity contribution is -0.148. The van der Waals surface area contributed by atoms with Crippen LogP contribution in [-0.2, 0) is 9.53 Å². The Kier molecular flexibility index (Phi) is 4.04. The molecule has 7 heteroatoms. The average molecular weight is 294 g/mol. The zero-order chi connectivity index (χ0) is 15.6. The molecule has 7 nitrogen and oxygen atoms in total. The highest BCUT2D eigenvalue weighted by Gasteiger charge is 2.47. The van der Waals surface area contributed by atoms with Crippen molar-refractivity contribution >= 4 is 17.6 Å². The summed E-state index contributed by atoms with van der Waals surface area (Å²) in [6.07, 6.45) is 0. The number of ether oxygens (including phenoxy) is 2. The fourth-order valence-electron chi connectivity index (χ4n) is 2.18. The summed E-state index contributed by atoms with van der Waals surface area (Å²) < 4.78 is 10.2. The number of carbonyl (C=O) groups excluding carboxylic acids is 1. The van der Waals surface area contributed by atoms with Gasteiger partial charge in [0.05, 0.1) is 31.9 Å². The summed E-state index contributed by atoms with van der Waals surface area (Å²) in [6.45, 7) is 1.75. The number of carbonyl (C=O) groups is 2. The van der Waals surface area contributed by atoms with Crippen LogP contribution in [-0.4, -0.2) is 43.3 Å². The maximum atomic E-state index is 12.3. The molecule has 1 saturated heterocycles. The van der Waals surface area contributed by atoms with E-state index < -0.39 is 23.3 Å². The van der Waals surface area contributed by atoms with E-state index in [1.165, 1.54) is 13.2 Å². The highest BCUT2D eigenvalue weighted by atomic mass is 16.5. The molecule has 1 aliphatic rings. The SMILES string of the molecule is COc1ccc(N)c(C(=O)NC2COCC2(C)C(=O)O)c1. The van der Waals surface area contributed by atoms with Crippen molar-refractivity contribution < 1.29 is 24.2 Å². The molecular formula is C14H18N2O5. The predicted octanol–water partition coefficient (Wildman–Crippen LogP) is 0.497. The van der Waals surface area contributed by atoms with E-state index in [-0.39, 0.29) is 18.8 Å². The van der Waals surface area contributed by atoms with E-state index >= 15 is 0 Å². The lowest BCUT2D eigenvalue weighted by atomic mass is 9.85. The minimum Gasteiger partial charge on any atom is -0.497 e. The number of anilines is 1. The minimum absolute atomic E-state index is 0.0564. The van der Waals surface area contributed by atoms with E-state index in [2.05, 4.69) is 5.32 Å². The largest absolute Gasteiger partial charge is 0.497 e. The number of carboxylic acid groups (broad SMARTS) is 1. The molecule has 0 aromatic heterocycles. The van der Waals surface area contributed by atoms with Gasteiger partial charge in [-0.1, -0.05) is 0 Å². The maximum absolute atomic E-state index is 12.3. The summed E-state index contributed by atoms with van der Waals surface area (Å²) in [5.74, 6) is -0.962. The third kappa shape index (κ3) is 2.78. The monoisotopic (exact) mass is 294 g/mol. The molecule has 0 bridgehead atoms. The fraction of sp³-hybridized carbons (Fsp3) is 0.429. The van der Waals surface area contributed by atoms with E-state index in [0.29, 0.717) is 11.4 Å². The highest BCUT2D eigenvalue weighted by molar-refractivity contribution is 6.00. The first-order valence-electron chi connectivity index (χ1n) is 6.44.